The Hall–Kier alpha value is -2.85. The Morgan fingerprint density at radius 2 is 1.65 bits per heavy atom. The predicted molar refractivity (Wildman–Crippen MR) is 141 cm³/mol. The van der Waals surface area contributed by atoms with Crippen LogP contribution in [0.4, 0.5) is 0 Å². The number of amides is 1. The molecule has 9 nitrogen and oxygen atoms in total. The van der Waals surface area contributed by atoms with Crippen molar-refractivity contribution < 1.29 is 28.8 Å². The summed E-state index contributed by atoms with van der Waals surface area (Å²) >= 11 is 0. The van der Waals surface area contributed by atoms with E-state index in [-0.39, 0.29) is 12.0 Å². The standard InChI is InChI=1S/C28H39N3O6/c1-34-25-16-22(17-26(35-2)27(25)36-3)28(33)31-11-9-29(10-12-31)19-24-20-30(13-14-37-24)18-23(32)15-21-7-5-4-6-8-21/h4-8,16-17,23-24,32H,9-15,18-20H2,1-3H3/t23-,24+/m0/s1. The second kappa shape index (κ2) is 13.1. The van der Waals surface area contributed by atoms with Crippen LogP contribution in [0, 0.1) is 0 Å². The number of nitrogens with zero attached hydrogens (tertiary/aromatic N) is 3. The number of aliphatic hydroxyl groups is 1. The van der Waals surface area contributed by atoms with Crippen LogP contribution in [0.2, 0.25) is 0 Å². The Morgan fingerprint density at radius 3 is 2.27 bits per heavy atom. The average Bonchev–Trinajstić information content (AvgIpc) is 2.93. The van der Waals surface area contributed by atoms with Crippen molar-refractivity contribution in [3.63, 3.8) is 0 Å². The third kappa shape index (κ3) is 7.13. The normalized spacial score (nSPS) is 19.9. The van der Waals surface area contributed by atoms with Crippen LogP contribution in [0.5, 0.6) is 17.2 Å². The van der Waals surface area contributed by atoms with Gasteiger partial charge in [-0.25, -0.2) is 0 Å². The molecule has 9 heteroatoms. The summed E-state index contributed by atoms with van der Waals surface area (Å²) in [5.41, 5.74) is 1.67. The molecule has 1 amide bonds. The van der Waals surface area contributed by atoms with E-state index >= 15 is 0 Å². The molecule has 2 aliphatic heterocycles. The highest BCUT2D eigenvalue weighted by Crippen LogP contribution is 2.38. The second-order valence-corrected chi connectivity index (χ2v) is 9.60. The van der Waals surface area contributed by atoms with Crippen LogP contribution in [-0.4, -0.2) is 118 Å². The number of β-amino-alcohol motifs (C(OH)–C–C–N with tert-alkyl or cyclic N) is 1. The van der Waals surface area contributed by atoms with Gasteiger partial charge < -0.3 is 29.0 Å². The molecule has 2 heterocycles. The lowest BCUT2D eigenvalue weighted by atomic mass is 10.1. The lowest BCUT2D eigenvalue weighted by Crippen LogP contribution is -2.54. The highest BCUT2D eigenvalue weighted by Gasteiger charge is 2.28. The van der Waals surface area contributed by atoms with Crippen molar-refractivity contribution in [2.45, 2.75) is 18.6 Å². The van der Waals surface area contributed by atoms with Gasteiger partial charge in [0.15, 0.2) is 11.5 Å². The molecular formula is C28H39N3O6. The largest absolute Gasteiger partial charge is 0.493 e. The number of methoxy groups -OCH3 is 3. The molecule has 0 aromatic heterocycles. The van der Waals surface area contributed by atoms with E-state index in [1.807, 2.05) is 23.1 Å². The average molecular weight is 514 g/mol. The lowest BCUT2D eigenvalue weighted by Gasteiger charge is -2.39. The van der Waals surface area contributed by atoms with E-state index in [4.69, 9.17) is 18.9 Å². The summed E-state index contributed by atoms with van der Waals surface area (Å²) in [4.78, 5) is 19.7. The fraction of sp³-hybridized carbons (Fsp3) is 0.536. The molecule has 4 rings (SSSR count). The van der Waals surface area contributed by atoms with Gasteiger partial charge >= 0.3 is 0 Å². The van der Waals surface area contributed by atoms with Crippen LogP contribution >= 0.6 is 0 Å². The molecule has 0 aliphatic carbocycles. The van der Waals surface area contributed by atoms with Crippen molar-refractivity contribution in [2.75, 3.05) is 80.3 Å². The van der Waals surface area contributed by atoms with E-state index in [2.05, 4.69) is 21.9 Å². The molecule has 1 N–H and O–H groups in total. The van der Waals surface area contributed by atoms with Gasteiger partial charge in [-0.15, -0.1) is 0 Å². The minimum absolute atomic E-state index is 0.0496. The lowest BCUT2D eigenvalue weighted by molar-refractivity contribution is -0.0562. The van der Waals surface area contributed by atoms with Crippen LogP contribution in [-0.2, 0) is 11.2 Å². The molecule has 2 aromatic rings. The van der Waals surface area contributed by atoms with Crippen LogP contribution in [0.3, 0.4) is 0 Å². The van der Waals surface area contributed by atoms with Gasteiger partial charge in [-0.3, -0.25) is 14.6 Å². The van der Waals surface area contributed by atoms with Crippen LogP contribution < -0.4 is 14.2 Å². The van der Waals surface area contributed by atoms with Gasteiger partial charge in [-0.1, -0.05) is 30.3 Å². The predicted octanol–water partition coefficient (Wildman–Crippen LogP) is 1.77. The first-order chi connectivity index (χ1) is 18.0. The number of aliphatic hydroxyl groups excluding tert-OH is 1. The summed E-state index contributed by atoms with van der Waals surface area (Å²) in [7, 11) is 4.63. The molecule has 0 saturated carbocycles. The zero-order valence-corrected chi connectivity index (χ0v) is 22.1. The second-order valence-electron chi connectivity index (χ2n) is 9.60. The van der Waals surface area contributed by atoms with E-state index in [0.29, 0.717) is 55.5 Å². The van der Waals surface area contributed by atoms with Gasteiger partial charge in [0.2, 0.25) is 5.75 Å². The smallest absolute Gasteiger partial charge is 0.254 e. The number of carbonyl (C=O) groups is 1. The number of hydrogen-bond donors (Lipinski definition) is 1. The minimum atomic E-state index is -0.397. The van der Waals surface area contributed by atoms with Crippen molar-refractivity contribution >= 4 is 5.91 Å². The highest BCUT2D eigenvalue weighted by molar-refractivity contribution is 5.95. The molecule has 0 radical (unpaired) electrons. The third-order valence-corrected chi connectivity index (χ3v) is 7.04. The molecule has 2 saturated heterocycles. The van der Waals surface area contributed by atoms with Gasteiger partial charge in [0.1, 0.15) is 0 Å². The number of piperazine rings is 1. The Kier molecular flexibility index (Phi) is 9.62. The molecule has 0 bridgehead atoms. The van der Waals surface area contributed by atoms with Crippen LogP contribution in [0.15, 0.2) is 42.5 Å². The SMILES string of the molecule is COc1cc(C(=O)N2CCN(C[C@@H]3CN(C[C@@H](O)Cc4ccccc4)CCO3)CC2)cc(OC)c1OC. The Morgan fingerprint density at radius 1 is 0.973 bits per heavy atom. The minimum Gasteiger partial charge on any atom is -0.493 e. The van der Waals surface area contributed by atoms with E-state index in [9.17, 15) is 9.90 Å². The van der Waals surface area contributed by atoms with Gasteiger partial charge in [-0.2, -0.15) is 0 Å². The molecule has 202 valence electrons. The zero-order chi connectivity index (χ0) is 26.2. The van der Waals surface area contributed by atoms with Crippen LogP contribution in [0.1, 0.15) is 15.9 Å². The van der Waals surface area contributed by atoms with E-state index < -0.39 is 6.10 Å². The first-order valence-corrected chi connectivity index (χ1v) is 12.9. The number of morpholine rings is 1. The molecule has 0 spiro atoms. The maximum absolute atomic E-state index is 13.2. The van der Waals surface area contributed by atoms with Crippen molar-refractivity contribution in [2.24, 2.45) is 0 Å². The summed E-state index contributed by atoms with van der Waals surface area (Å²) in [6, 6.07) is 13.5. The quantitative estimate of drug-likeness (QED) is 0.515. The van der Waals surface area contributed by atoms with E-state index in [1.54, 1.807) is 33.5 Å². The number of hydrogen-bond acceptors (Lipinski definition) is 8. The van der Waals surface area contributed by atoms with Gasteiger partial charge in [0.25, 0.3) is 5.91 Å². The summed E-state index contributed by atoms with van der Waals surface area (Å²) in [6.45, 7) is 6.62. The third-order valence-electron chi connectivity index (χ3n) is 7.04. The number of benzene rings is 2. The Bertz CT molecular complexity index is 987. The molecule has 37 heavy (non-hydrogen) atoms. The summed E-state index contributed by atoms with van der Waals surface area (Å²) in [6.07, 6.45) is 0.353. The monoisotopic (exact) mass is 513 g/mol. The highest BCUT2D eigenvalue weighted by atomic mass is 16.5. The summed E-state index contributed by atoms with van der Waals surface area (Å²) < 4.78 is 22.2. The van der Waals surface area contributed by atoms with Gasteiger partial charge in [-0.05, 0) is 24.1 Å². The van der Waals surface area contributed by atoms with Crippen molar-refractivity contribution in [3.05, 3.63) is 53.6 Å². The topological polar surface area (TPSA) is 83.9 Å². The molecule has 2 fully saturated rings. The van der Waals surface area contributed by atoms with Crippen molar-refractivity contribution in [1.82, 2.24) is 14.7 Å². The molecule has 2 aromatic carbocycles. The van der Waals surface area contributed by atoms with Gasteiger partial charge in [0.05, 0.1) is 40.1 Å². The molecule has 2 aliphatic rings. The first-order valence-electron chi connectivity index (χ1n) is 12.9. The van der Waals surface area contributed by atoms with E-state index in [0.717, 1.165) is 38.3 Å². The zero-order valence-electron chi connectivity index (χ0n) is 22.1. The molecular weight excluding hydrogens is 474 g/mol. The van der Waals surface area contributed by atoms with E-state index in [1.165, 1.54) is 0 Å². The Labute approximate surface area is 219 Å². The van der Waals surface area contributed by atoms with Crippen LogP contribution in [0.25, 0.3) is 0 Å². The Balaban J connectivity index is 1.25. The fourth-order valence-corrected chi connectivity index (χ4v) is 5.11. The van der Waals surface area contributed by atoms with Crippen molar-refractivity contribution in [1.29, 1.82) is 0 Å². The van der Waals surface area contributed by atoms with Gasteiger partial charge in [0, 0.05) is 57.9 Å². The summed E-state index contributed by atoms with van der Waals surface area (Å²) in [5.74, 6) is 1.36. The maximum atomic E-state index is 13.2. The molecule has 2 atom stereocenters. The number of carbonyl (C=O) groups excluding carboxylic acids is 1. The molecule has 0 unspecified atom stereocenters. The van der Waals surface area contributed by atoms with Crippen molar-refractivity contribution in [3.8, 4) is 17.2 Å². The number of ether oxygens (including phenoxy) is 4. The summed E-state index contributed by atoms with van der Waals surface area (Å²) in [5, 5.41) is 10.6. The maximum Gasteiger partial charge on any atom is 0.254 e. The fourth-order valence-electron chi connectivity index (χ4n) is 5.11. The number of rotatable bonds is 10. The first kappa shape index (κ1) is 27.2.